The van der Waals surface area contributed by atoms with E-state index in [9.17, 15) is 9.59 Å². The van der Waals surface area contributed by atoms with Crippen LogP contribution in [0.3, 0.4) is 0 Å². The SMILES string of the molecule is CC[C@H](C)N(CC(=O)O)C(=O)[C@@H](C)c1cccs1. The van der Waals surface area contributed by atoms with E-state index in [0.29, 0.717) is 0 Å². The number of nitrogens with zero attached hydrogens (tertiary/aromatic N) is 1. The second kappa shape index (κ2) is 6.54. The van der Waals surface area contributed by atoms with Gasteiger partial charge in [-0.15, -0.1) is 11.3 Å². The van der Waals surface area contributed by atoms with Crippen molar-refractivity contribution in [3.63, 3.8) is 0 Å². The van der Waals surface area contributed by atoms with Gasteiger partial charge in [-0.3, -0.25) is 9.59 Å². The zero-order valence-corrected chi connectivity index (χ0v) is 11.7. The summed E-state index contributed by atoms with van der Waals surface area (Å²) in [5, 5.41) is 10.8. The van der Waals surface area contributed by atoms with Crippen molar-refractivity contribution in [3.05, 3.63) is 22.4 Å². The van der Waals surface area contributed by atoms with Crippen LogP contribution < -0.4 is 0 Å². The van der Waals surface area contributed by atoms with Crippen LogP contribution in [0.5, 0.6) is 0 Å². The topological polar surface area (TPSA) is 57.6 Å². The van der Waals surface area contributed by atoms with Crippen molar-refractivity contribution in [1.82, 2.24) is 4.90 Å². The van der Waals surface area contributed by atoms with Crippen molar-refractivity contribution < 1.29 is 14.7 Å². The van der Waals surface area contributed by atoms with Crippen LogP contribution in [0.15, 0.2) is 17.5 Å². The molecule has 1 N–H and O–H groups in total. The van der Waals surface area contributed by atoms with E-state index in [-0.39, 0.29) is 24.4 Å². The number of hydrogen-bond donors (Lipinski definition) is 1. The molecular weight excluding hydrogens is 250 g/mol. The Morgan fingerprint density at radius 1 is 1.44 bits per heavy atom. The molecule has 18 heavy (non-hydrogen) atoms. The first kappa shape index (κ1) is 14.7. The molecule has 0 aromatic carbocycles. The van der Waals surface area contributed by atoms with Crippen LogP contribution in [0.4, 0.5) is 0 Å². The van der Waals surface area contributed by atoms with Gasteiger partial charge in [-0.1, -0.05) is 13.0 Å². The minimum atomic E-state index is -0.970. The van der Waals surface area contributed by atoms with Gasteiger partial charge in [0.25, 0.3) is 0 Å². The smallest absolute Gasteiger partial charge is 0.323 e. The second-order valence-electron chi connectivity index (χ2n) is 4.35. The van der Waals surface area contributed by atoms with Gasteiger partial charge in [0.1, 0.15) is 6.54 Å². The highest BCUT2D eigenvalue weighted by Crippen LogP contribution is 2.24. The molecule has 1 rings (SSSR count). The van der Waals surface area contributed by atoms with Crippen LogP contribution in [-0.4, -0.2) is 34.5 Å². The molecule has 0 spiro atoms. The Morgan fingerprint density at radius 2 is 2.11 bits per heavy atom. The molecule has 0 saturated carbocycles. The van der Waals surface area contributed by atoms with Gasteiger partial charge in [-0.2, -0.15) is 0 Å². The van der Waals surface area contributed by atoms with Crippen molar-refractivity contribution >= 4 is 23.2 Å². The Labute approximate surface area is 111 Å². The van der Waals surface area contributed by atoms with Gasteiger partial charge in [0.15, 0.2) is 0 Å². The minimum Gasteiger partial charge on any atom is -0.480 e. The molecule has 1 aromatic rings. The maximum Gasteiger partial charge on any atom is 0.323 e. The normalized spacial score (nSPS) is 13.9. The Morgan fingerprint density at radius 3 is 2.56 bits per heavy atom. The molecule has 0 saturated heterocycles. The first-order valence-corrected chi connectivity index (χ1v) is 6.91. The molecule has 1 amide bonds. The largest absolute Gasteiger partial charge is 0.480 e. The zero-order valence-electron chi connectivity index (χ0n) is 10.9. The standard InChI is InChI=1S/C13H19NO3S/c1-4-9(2)14(8-12(15)16)13(17)10(3)11-6-5-7-18-11/h5-7,9-10H,4,8H2,1-3H3,(H,15,16)/t9-,10-/m0/s1. The second-order valence-corrected chi connectivity index (χ2v) is 5.33. The molecular formula is C13H19NO3S. The van der Waals surface area contributed by atoms with Gasteiger partial charge in [0.05, 0.1) is 5.92 Å². The lowest BCUT2D eigenvalue weighted by molar-refractivity contribution is -0.146. The summed E-state index contributed by atoms with van der Waals surface area (Å²) < 4.78 is 0. The molecule has 0 fully saturated rings. The third-order valence-corrected chi connectivity index (χ3v) is 4.11. The molecule has 4 nitrogen and oxygen atoms in total. The molecule has 0 radical (unpaired) electrons. The number of aliphatic carboxylic acids is 1. The molecule has 1 heterocycles. The van der Waals surface area contributed by atoms with Gasteiger partial charge in [-0.05, 0) is 31.7 Å². The highest BCUT2D eigenvalue weighted by Gasteiger charge is 2.27. The quantitative estimate of drug-likeness (QED) is 0.863. The fourth-order valence-corrected chi connectivity index (χ4v) is 2.50. The highest BCUT2D eigenvalue weighted by molar-refractivity contribution is 7.10. The van der Waals surface area contributed by atoms with E-state index < -0.39 is 5.97 Å². The third-order valence-electron chi connectivity index (χ3n) is 3.05. The molecule has 0 aliphatic heterocycles. The lowest BCUT2D eigenvalue weighted by Crippen LogP contribution is -2.43. The number of hydrogen-bond acceptors (Lipinski definition) is 3. The number of carboxylic acid groups (broad SMARTS) is 1. The fourth-order valence-electron chi connectivity index (χ4n) is 1.73. The maximum absolute atomic E-state index is 12.3. The average Bonchev–Trinajstić information content (AvgIpc) is 2.86. The average molecular weight is 269 g/mol. The number of carboxylic acids is 1. The third kappa shape index (κ3) is 3.57. The summed E-state index contributed by atoms with van der Waals surface area (Å²) in [7, 11) is 0. The molecule has 0 bridgehead atoms. The lowest BCUT2D eigenvalue weighted by Gasteiger charge is -2.29. The van der Waals surface area contributed by atoms with Crippen molar-refractivity contribution in [2.24, 2.45) is 0 Å². The van der Waals surface area contributed by atoms with Gasteiger partial charge >= 0.3 is 5.97 Å². The summed E-state index contributed by atoms with van der Waals surface area (Å²) in [6, 6.07) is 3.74. The monoisotopic (exact) mass is 269 g/mol. The highest BCUT2D eigenvalue weighted by atomic mass is 32.1. The van der Waals surface area contributed by atoms with E-state index in [0.717, 1.165) is 11.3 Å². The number of amides is 1. The first-order valence-electron chi connectivity index (χ1n) is 6.03. The Hall–Kier alpha value is -1.36. The molecule has 0 aliphatic rings. The Kier molecular flexibility index (Phi) is 5.34. The predicted octanol–water partition coefficient (Wildman–Crippen LogP) is 2.56. The lowest BCUT2D eigenvalue weighted by atomic mass is 10.1. The Bertz CT molecular complexity index is 402. The Balaban J connectivity index is 2.84. The van der Waals surface area contributed by atoms with Crippen LogP contribution in [0.2, 0.25) is 0 Å². The number of carbonyl (C=O) groups is 2. The van der Waals surface area contributed by atoms with Crippen LogP contribution >= 0.6 is 11.3 Å². The molecule has 2 atom stereocenters. The number of thiophene rings is 1. The van der Waals surface area contributed by atoms with Gasteiger partial charge in [0.2, 0.25) is 5.91 Å². The van der Waals surface area contributed by atoms with E-state index in [1.54, 1.807) is 0 Å². The molecule has 0 aliphatic carbocycles. The minimum absolute atomic E-state index is 0.0592. The van der Waals surface area contributed by atoms with Crippen LogP contribution in [0, 0.1) is 0 Å². The van der Waals surface area contributed by atoms with E-state index in [2.05, 4.69) is 0 Å². The van der Waals surface area contributed by atoms with Crippen LogP contribution in [-0.2, 0) is 9.59 Å². The van der Waals surface area contributed by atoms with Crippen molar-refractivity contribution in [2.45, 2.75) is 39.2 Å². The summed E-state index contributed by atoms with van der Waals surface area (Å²) in [4.78, 5) is 25.6. The predicted molar refractivity (Wildman–Crippen MR) is 71.8 cm³/mol. The van der Waals surface area contributed by atoms with E-state index >= 15 is 0 Å². The van der Waals surface area contributed by atoms with Crippen LogP contribution in [0.1, 0.15) is 38.0 Å². The summed E-state index contributed by atoms with van der Waals surface area (Å²) in [6.07, 6.45) is 0.746. The van der Waals surface area contributed by atoms with E-state index in [1.807, 2.05) is 38.3 Å². The fraction of sp³-hybridized carbons (Fsp3) is 0.538. The summed E-state index contributed by atoms with van der Waals surface area (Å²) in [5.41, 5.74) is 0. The number of rotatable bonds is 6. The molecule has 100 valence electrons. The van der Waals surface area contributed by atoms with Gasteiger partial charge in [0, 0.05) is 10.9 Å². The maximum atomic E-state index is 12.3. The summed E-state index contributed by atoms with van der Waals surface area (Å²) in [6.45, 7) is 5.42. The zero-order chi connectivity index (χ0) is 13.7. The molecule has 5 heteroatoms. The van der Waals surface area contributed by atoms with Crippen molar-refractivity contribution in [2.75, 3.05) is 6.54 Å². The van der Waals surface area contributed by atoms with Gasteiger partial charge in [-0.25, -0.2) is 0 Å². The first-order chi connectivity index (χ1) is 8.47. The van der Waals surface area contributed by atoms with E-state index in [1.165, 1.54) is 16.2 Å². The summed E-state index contributed by atoms with van der Waals surface area (Å²) >= 11 is 1.52. The van der Waals surface area contributed by atoms with Crippen molar-refractivity contribution in [3.8, 4) is 0 Å². The van der Waals surface area contributed by atoms with Crippen molar-refractivity contribution in [1.29, 1.82) is 0 Å². The summed E-state index contributed by atoms with van der Waals surface area (Å²) in [5.74, 6) is -1.37. The van der Waals surface area contributed by atoms with Gasteiger partial charge < -0.3 is 10.0 Å². The van der Waals surface area contributed by atoms with Crippen LogP contribution in [0.25, 0.3) is 0 Å². The van der Waals surface area contributed by atoms with E-state index in [4.69, 9.17) is 5.11 Å². The number of carbonyl (C=O) groups excluding carboxylic acids is 1. The molecule has 1 aromatic heterocycles. The molecule has 0 unspecified atom stereocenters.